The van der Waals surface area contributed by atoms with Crippen molar-refractivity contribution < 1.29 is 0 Å². The predicted molar refractivity (Wildman–Crippen MR) is 86.6 cm³/mol. The van der Waals surface area contributed by atoms with Gasteiger partial charge < -0.3 is 10.2 Å². The Morgan fingerprint density at radius 3 is 2.95 bits per heavy atom. The SMILES string of the molecule is Cc1nc(NCC2CN(c3ccc4nncn4n3)C2)sc1C. The number of nitrogens with one attached hydrogen (secondary N) is 1. The van der Waals surface area contributed by atoms with E-state index in [1.807, 2.05) is 12.1 Å². The van der Waals surface area contributed by atoms with Crippen LogP contribution in [-0.2, 0) is 0 Å². The summed E-state index contributed by atoms with van der Waals surface area (Å²) in [5.41, 5.74) is 1.89. The fraction of sp³-hybridized carbons (Fsp3) is 0.429. The van der Waals surface area contributed by atoms with Crippen LogP contribution in [0.15, 0.2) is 18.5 Å². The van der Waals surface area contributed by atoms with E-state index in [-0.39, 0.29) is 0 Å². The summed E-state index contributed by atoms with van der Waals surface area (Å²) in [7, 11) is 0. The van der Waals surface area contributed by atoms with Crippen molar-refractivity contribution in [3.8, 4) is 0 Å². The summed E-state index contributed by atoms with van der Waals surface area (Å²) in [6.45, 7) is 7.14. The number of hydrogen-bond acceptors (Lipinski definition) is 7. The summed E-state index contributed by atoms with van der Waals surface area (Å²) in [6.07, 6.45) is 1.63. The van der Waals surface area contributed by atoms with Crippen molar-refractivity contribution in [2.24, 2.45) is 5.92 Å². The first-order valence-electron chi connectivity index (χ1n) is 7.29. The predicted octanol–water partition coefficient (Wildman–Crippen LogP) is 1.75. The van der Waals surface area contributed by atoms with E-state index in [2.05, 4.69) is 44.3 Å². The van der Waals surface area contributed by atoms with Gasteiger partial charge in [0.1, 0.15) is 12.1 Å². The van der Waals surface area contributed by atoms with Crippen molar-refractivity contribution >= 4 is 27.9 Å². The molecule has 22 heavy (non-hydrogen) atoms. The van der Waals surface area contributed by atoms with Gasteiger partial charge in [0.2, 0.25) is 0 Å². The normalized spacial score (nSPS) is 15.3. The molecule has 0 aliphatic carbocycles. The number of fused-ring (bicyclic) bond motifs is 1. The zero-order valence-corrected chi connectivity index (χ0v) is 13.3. The van der Waals surface area contributed by atoms with E-state index >= 15 is 0 Å². The molecule has 1 aliphatic heterocycles. The van der Waals surface area contributed by atoms with Crippen LogP contribution in [-0.4, -0.2) is 44.4 Å². The lowest BCUT2D eigenvalue weighted by Gasteiger charge is -2.40. The first-order valence-corrected chi connectivity index (χ1v) is 8.10. The molecule has 0 unspecified atom stereocenters. The Morgan fingerprint density at radius 1 is 1.32 bits per heavy atom. The van der Waals surface area contributed by atoms with Gasteiger partial charge in [-0.3, -0.25) is 0 Å². The number of hydrogen-bond donors (Lipinski definition) is 1. The van der Waals surface area contributed by atoms with Gasteiger partial charge in [0.15, 0.2) is 10.8 Å². The van der Waals surface area contributed by atoms with Crippen LogP contribution in [0.2, 0.25) is 0 Å². The Bertz CT molecular complexity index is 783. The van der Waals surface area contributed by atoms with Crippen LogP contribution in [0.25, 0.3) is 5.65 Å². The number of aryl methyl sites for hydroxylation is 2. The molecular formula is C14H17N7S. The highest BCUT2D eigenvalue weighted by atomic mass is 32.1. The quantitative estimate of drug-likeness (QED) is 0.791. The topological polar surface area (TPSA) is 71.2 Å². The van der Waals surface area contributed by atoms with E-state index in [1.165, 1.54) is 4.88 Å². The van der Waals surface area contributed by atoms with Crippen molar-refractivity contribution in [2.75, 3.05) is 29.9 Å². The zero-order chi connectivity index (χ0) is 15.1. The van der Waals surface area contributed by atoms with Crippen LogP contribution in [0, 0.1) is 19.8 Å². The second kappa shape index (κ2) is 5.20. The molecule has 114 valence electrons. The molecule has 1 N–H and O–H groups in total. The van der Waals surface area contributed by atoms with E-state index in [0.717, 1.165) is 41.9 Å². The largest absolute Gasteiger partial charge is 0.361 e. The molecule has 0 radical (unpaired) electrons. The maximum atomic E-state index is 4.51. The summed E-state index contributed by atoms with van der Waals surface area (Å²) in [4.78, 5) is 8.06. The molecule has 0 aromatic carbocycles. The average molecular weight is 315 g/mol. The molecule has 0 bridgehead atoms. The Kier molecular flexibility index (Phi) is 3.18. The van der Waals surface area contributed by atoms with E-state index in [0.29, 0.717) is 5.92 Å². The van der Waals surface area contributed by atoms with Gasteiger partial charge in [-0.1, -0.05) is 0 Å². The summed E-state index contributed by atoms with van der Waals surface area (Å²) >= 11 is 1.73. The van der Waals surface area contributed by atoms with Crippen LogP contribution in [0.4, 0.5) is 10.9 Å². The van der Waals surface area contributed by atoms with Crippen molar-refractivity contribution in [3.05, 3.63) is 29.0 Å². The molecule has 1 aliphatic rings. The first kappa shape index (κ1) is 13.4. The van der Waals surface area contributed by atoms with Crippen LogP contribution in [0.1, 0.15) is 10.6 Å². The van der Waals surface area contributed by atoms with E-state index in [4.69, 9.17) is 0 Å². The molecule has 1 fully saturated rings. The van der Waals surface area contributed by atoms with Gasteiger partial charge in [0.05, 0.1) is 5.69 Å². The first-order chi connectivity index (χ1) is 10.7. The minimum atomic E-state index is 0.628. The molecule has 7 nitrogen and oxygen atoms in total. The summed E-state index contributed by atoms with van der Waals surface area (Å²) < 4.78 is 1.71. The van der Waals surface area contributed by atoms with Crippen LogP contribution in [0.3, 0.4) is 0 Å². The third-order valence-electron chi connectivity index (χ3n) is 4.00. The standard InChI is InChI=1S/C14H17N7S/c1-9-10(2)22-14(17-9)15-5-11-6-20(7-11)13-4-3-12-18-16-8-21(12)19-13/h3-4,8,11H,5-7H2,1-2H3,(H,15,17). The average Bonchev–Trinajstić information content (AvgIpc) is 3.04. The number of thiazole rings is 1. The smallest absolute Gasteiger partial charge is 0.183 e. The molecule has 8 heteroatoms. The van der Waals surface area contributed by atoms with Crippen molar-refractivity contribution in [2.45, 2.75) is 13.8 Å². The van der Waals surface area contributed by atoms with Gasteiger partial charge in [0.25, 0.3) is 0 Å². The molecule has 1 saturated heterocycles. The monoisotopic (exact) mass is 315 g/mol. The van der Waals surface area contributed by atoms with Gasteiger partial charge >= 0.3 is 0 Å². The lowest BCUT2D eigenvalue weighted by Crippen LogP contribution is -2.50. The lowest BCUT2D eigenvalue weighted by atomic mass is 10.0. The Balaban J connectivity index is 1.33. The second-order valence-corrected chi connectivity index (χ2v) is 6.84. The minimum absolute atomic E-state index is 0.628. The summed E-state index contributed by atoms with van der Waals surface area (Å²) in [6, 6.07) is 3.95. The number of anilines is 2. The highest BCUT2D eigenvalue weighted by molar-refractivity contribution is 7.15. The molecule has 3 aromatic heterocycles. The number of nitrogens with zero attached hydrogens (tertiary/aromatic N) is 6. The molecule has 0 saturated carbocycles. The van der Waals surface area contributed by atoms with Gasteiger partial charge in [-0.25, -0.2) is 4.98 Å². The fourth-order valence-corrected chi connectivity index (χ4v) is 3.37. The number of aromatic nitrogens is 5. The van der Waals surface area contributed by atoms with Crippen molar-refractivity contribution in [1.82, 2.24) is 24.8 Å². The summed E-state index contributed by atoms with van der Waals surface area (Å²) in [5.74, 6) is 1.60. The Hall–Kier alpha value is -2.22. The van der Waals surface area contributed by atoms with Crippen LogP contribution < -0.4 is 10.2 Å². The van der Waals surface area contributed by atoms with Gasteiger partial charge in [0, 0.05) is 30.4 Å². The van der Waals surface area contributed by atoms with Crippen molar-refractivity contribution in [1.29, 1.82) is 0 Å². The van der Waals surface area contributed by atoms with E-state index < -0.39 is 0 Å². The van der Waals surface area contributed by atoms with Crippen LogP contribution in [0.5, 0.6) is 0 Å². The Morgan fingerprint density at radius 2 is 2.18 bits per heavy atom. The fourth-order valence-electron chi connectivity index (χ4n) is 2.55. The van der Waals surface area contributed by atoms with E-state index in [1.54, 1.807) is 22.2 Å². The molecule has 4 heterocycles. The Labute approximate surface area is 132 Å². The molecule has 0 atom stereocenters. The third-order valence-corrected chi connectivity index (χ3v) is 5.03. The molecule has 3 aromatic rings. The van der Waals surface area contributed by atoms with E-state index in [9.17, 15) is 0 Å². The maximum absolute atomic E-state index is 4.51. The van der Waals surface area contributed by atoms with Gasteiger partial charge in [-0.05, 0) is 26.0 Å². The summed E-state index contributed by atoms with van der Waals surface area (Å²) in [5, 5.41) is 16.8. The zero-order valence-electron chi connectivity index (χ0n) is 12.5. The highest BCUT2D eigenvalue weighted by Gasteiger charge is 2.28. The lowest BCUT2D eigenvalue weighted by molar-refractivity contribution is 0.425. The second-order valence-electron chi connectivity index (χ2n) is 5.64. The molecule has 4 rings (SSSR count). The van der Waals surface area contributed by atoms with Gasteiger partial charge in [-0.15, -0.1) is 26.6 Å². The molecule has 0 spiro atoms. The molecule has 0 amide bonds. The number of rotatable bonds is 4. The highest BCUT2D eigenvalue weighted by Crippen LogP contribution is 2.25. The third kappa shape index (κ3) is 2.39. The van der Waals surface area contributed by atoms with Crippen LogP contribution >= 0.6 is 11.3 Å². The van der Waals surface area contributed by atoms with Gasteiger partial charge in [-0.2, -0.15) is 4.52 Å². The van der Waals surface area contributed by atoms with Crippen molar-refractivity contribution in [3.63, 3.8) is 0 Å². The maximum Gasteiger partial charge on any atom is 0.183 e. The molecular weight excluding hydrogens is 298 g/mol. The minimum Gasteiger partial charge on any atom is -0.361 e.